The first-order valence-electron chi connectivity index (χ1n) is 6.42. The van der Waals surface area contributed by atoms with Gasteiger partial charge in [-0.3, -0.25) is 0 Å². The molecule has 0 saturated carbocycles. The van der Waals surface area contributed by atoms with E-state index < -0.39 is 0 Å². The summed E-state index contributed by atoms with van der Waals surface area (Å²) in [5.41, 5.74) is 8.63. The van der Waals surface area contributed by atoms with E-state index in [1.165, 1.54) is 0 Å². The number of nitrogen functional groups attached to an aromatic ring is 1. The number of aryl methyl sites for hydroxylation is 1. The van der Waals surface area contributed by atoms with E-state index in [1.807, 2.05) is 6.07 Å². The Kier molecular flexibility index (Phi) is 2.83. The van der Waals surface area contributed by atoms with Crippen LogP contribution in [0.1, 0.15) is 12.7 Å². The second-order valence-corrected chi connectivity index (χ2v) is 4.54. The van der Waals surface area contributed by atoms with Gasteiger partial charge in [0.05, 0.1) is 11.1 Å². The zero-order valence-corrected chi connectivity index (χ0v) is 10.6. The van der Waals surface area contributed by atoms with E-state index in [-0.39, 0.29) is 0 Å². The number of piperazine rings is 1. The Morgan fingerprint density at radius 2 is 2.22 bits per heavy atom. The lowest BCUT2D eigenvalue weighted by atomic mass is 10.1. The summed E-state index contributed by atoms with van der Waals surface area (Å²) in [6.45, 7) is 6.05. The highest BCUT2D eigenvalue weighted by Crippen LogP contribution is 2.36. The van der Waals surface area contributed by atoms with Crippen molar-refractivity contribution in [3.05, 3.63) is 18.0 Å². The Bertz CT molecular complexity index is 557. The summed E-state index contributed by atoms with van der Waals surface area (Å²) in [4.78, 5) is 6.62. The van der Waals surface area contributed by atoms with Crippen molar-refractivity contribution in [1.29, 1.82) is 0 Å². The van der Waals surface area contributed by atoms with E-state index in [9.17, 15) is 0 Å². The number of hydrogen-bond acceptors (Lipinski definition) is 5. The van der Waals surface area contributed by atoms with E-state index in [0.29, 0.717) is 5.71 Å². The van der Waals surface area contributed by atoms with Gasteiger partial charge in [-0.25, -0.2) is 4.98 Å². The molecule has 1 aliphatic heterocycles. The van der Waals surface area contributed by atoms with Gasteiger partial charge < -0.3 is 20.4 Å². The first-order valence-corrected chi connectivity index (χ1v) is 6.42. The molecule has 5 nitrogen and oxygen atoms in total. The van der Waals surface area contributed by atoms with E-state index >= 15 is 0 Å². The Morgan fingerprint density at radius 1 is 1.44 bits per heavy atom. The monoisotopic (exact) mass is 246 g/mol. The molecule has 0 atom stereocenters. The van der Waals surface area contributed by atoms with Crippen LogP contribution in [0.25, 0.3) is 11.1 Å². The smallest absolute Gasteiger partial charge is 0.230 e. The van der Waals surface area contributed by atoms with Crippen molar-refractivity contribution in [3.8, 4) is 0 Å². The van der Waals surface area contributed by atoms with Gasteiger partial charge in [0.15, 0.2) is 0 Å². The molecule has 3 rings (SSSR count). The first-order chi connectivity index (χ1) is 8.81. The van der Waals surface area contributed by atoms with E-state index in [0.717, 1.165) is 55.1 Å². The molecule has 0 radical (unpaired) electrons. The third-order valence-corrected chi connectivity index (χ3v) is 3.42. The van der Waals surface area contributed by atoms with Crippen LogP contribution in [-0.4, -0.2) is 31.2 Å². The van der Waals surface area contributed by atoms with Crippen LogP contribution in [0.15, 0.2) is 16.7 Å². The molecule has 2 aromatic heterocycles. The molecular formula is C13H18N4O. The Morgan fingerprint density at radius 3 is 2.94 bits per heavy atom. The van der Waals surface area contributed by atoms with E-state index in [1.54, 1.807) is 6.20 Å². The van der Waals surface area contributed by atoms with Crippen molar-refractivity contribution in [2.45, 2.75) is 13.3 Å². The average molecular weight is 246 g/mol. The number of rotatable bonds is 2. The lowest BCUT2D eigenvalue weighted by Crippen LogP contribution is -2.43. The van der Waals surface area contributed by atoms with Gasteiger partial charge in [0, 0.05) is 44.5 Å². The average Bonchev–Trinajstić information content (AvgIpc) is 2.79. The number of aromatic nitrogens is 1. The lowest BCUT2D eigenvalue weighted by Gasteiger charge is -2.29. The number of anilines is 2. The molecule has 0 aromatic carbocycles. The molecule has 0 bridgehead atoms. The summed E-state index contributed by atoms with van der Waals surface area (Å²) in [5.74, 6) is 0.984. The third-order valence-electron chi connectivity index (χ3n) is 3.42. The highest BCUT2D eigenvalue weighted by Gasteiger charge is 2.22. The SMILES string of the molecule is CCc1oc2nccc(N)c2c1N1CCNCC1. The second kappa shape index (κ2) is 4.49. The number of nitrogens with zero attached hydrogens (tertiary/aromatic N) is 2. The van der Waals surface area contributed by atoms with Crippen molar-refractivity contribution in [3.63, 3.8) is 0 Å². The fourth-order valence-electron chi connectivity index (χ4n) is 2.54. The van der Waals surface area contributed by atoms with Crippen LogP contribution in [0, 0.1) is 0 Å². The van der Waals surface area contributed by atoms with Crippen molar-refractivity contribution >= 4 is 22.5 Å². The van der Waals surface area contributed by atoms with Gasteiger partial charge in [0.2, 0.25) is 5.71 Å². The molecule has 0 amide bonds. The molecule has 96 valence electrons. The lowest BCUT2D eigenvalue weighted by molar-refractivity contribution is 0.536. The topological polar surface area (TPSA) is 67.3 Å². The van der Waals surface area contributed by atoms with Gasteiger partial charge in [0.25, 0.3) is 0 Å². The molecule has 18 heavy (non-hydrogen) atoms. The molecular weight excluding hydrogens is 228 g/mol. The molecule has 0 unspecified atom stereocenters. The van der Waals surface area contributed by atoms with Crippen LogP contribution < -0.4 is 16.0 Å². The number of hydrogen-bond donors (Lipinski definition) is 2. The second-order valence-electron chi connectivity index (χ2n) is 4.54. The third kappa shape index (κ3) is 1.71. The fourth-order valence-corrected chi connectivity index (χ4v) is 2.54. The molecule has 0 spiro atoms. The van der Waals surface area contributed by atoms with Crippen molar-refractivity contribution < 1.29 is 4.42 Å². The van der Waals surface area contributed by atoms with Crippen LogP contribution in [0.5, 0.6) is 0 Å². The standard InChI is InChI=1S/C13H18N4O/c1-2-10-12(17-7-5-15-6-8-17)11-9(14)3-4-16-13(11)18-10/h3-4,15H,2,5-8H2,1H3,(H2,14,16). The van der Waals surface area contributed by atoms with Gasteiger partial charge in [-0.05, 0) is 6.07 Å². The van der Waals surface area contributed by atoms with Gasteiger partial charge >= 0.3 is 0 Å². The van der Waals surface area contributed by atoms with E-state index in [4.69, 9.17) is 10.2 Å². The summed E-state index contributed by atoms with van der Waals surface area (Å²) in [5, 5.41) is 4.33. The van der Waals surface area contributed by atoms with Gasteiger partial charge in [-0.2, -0.15) is 0 Å². The number of nitrogens with two attached hydrogens (primary N) is 1. The minimum atomic E-state index is 0.653. The Labute approximate surface area is 106 Å². The number of pyridine rings is 1. The van der Waals surface area contributed by atoms with Gasteiger partial charge in [-0.15, -0.1) is 0 Å². The summed E-state index contributed by atoms with van der Waals surface area (Å²) in [6, 6.07) is 1.84. The van der Waals surface area contributed by atoms with Crippen LogP contribution >= 0.6 is 0 Å². The van der Waals surface area contributed by atoms with Crippen molar-refractivity contribution in [2.24, 2.45) is 0 Å². The summed E-state index contributed by atoms with van der Waals surface area (Å²) in [6.07, 6.45) is 2.55. The molecule has 2 aromatic rings. The fraction of sp³-hybridized carbons (Fsp3) is 0.462. The number of nitrogens with one attached hydrogen (secondary N) is 1. The highest BCUT2D eigenvalue weighted by atomic mass is 16.3. The molecule has 0 aliphatic carbocycles. The molecule has 1 aliphatic rings. The number of furan rings is 1. The maximum Gasteiger partial charge on any atom is 0.230 e. The minimum Gasteiger partial charge on any atom is -0.440 e. The van der Waals surface area contributed by atoms with Crippen LogP contribution in [0.3, 0.4) is 0 Å². The summed E-state index contributed by atoms with van der Waals surface area (Å²) < 4.78 is 5.83. The highest BCUT2D eigenvalue weighted by molar-refractivity contribution is 5.99. The van der Waals surface area contributed by atoms with E-state index in [2.05, 4.69) is 22.1 Å². The first kappa shape index (κ1) is 11.3. The normalized spacial score (nSPS) is 16.4. The Hall–Kier alpha value is -1.75. The van der Waals surface area contributed by atoms with Crippen molar-refractivity contribution in [1.82, 2.24) is 10.3 Å². The quantitative estimate of drug-likeness (QED) is 0.838. The predicted molar refractivity (Wildman–Crippen MR) is 72.9 cm³/mol. The van der Waals surface area contributed by atoms with Gasteiger partial charge in [0.1, 0.15) is 5.76 Å². The zero-order chi connectivity index (χ0) is 12.5. The maximum atomic E-state index is 6.09. The Balaban J connectivity index is 2.17. The number of fused-ring (bicyclic) bond motifs is 1. The zero-order valence-electron chi connectivity index (χ0n) is 10.6. The molecule has 3 heterocycles. The van der Waals surface area contributed by atoms with Crippen LogP contribution in [0.4, 0.5) is 11.4 Å². The minimum absolute atomic E-state index is 0.653. The summed E-state index contributed by atoms with van der Waals surface area (Å²) >= 11 is 0. The molecule has 5 heteroatoms. The predicted octanol–water partition coefficient (Wildman–Crippen LogP) is 1.38. The molecule has 1 fully saturated rings. The maximum absolute atomic E-state index is 6.09. The molecule has 1 saturated heterocycles. The largest absolute Gasteiger partial charge is 0.440 e. The van der Waals surface area contributed by atoms with Crippen LogP contribution in [0.2, 0.25) is 0 Å². The molecule has 3 N–H and O–H groups in total. The van der Waals surface area contributed by atoms with Crippen molar-refractivity contribution in [2.75, 3.05) is 36.8 Å². The summed E-state index contributed by atoms with van der Waals surface area (Å²) in [7, 11) is 0. The van der Waals surface area contributed by atoms with Gasteiger partial charge in [-0.1, -0.05) is 6.92 Å². The van der Waals surface area contributed by atoms with Crippen LogP contribution in [-0.2, 0) is 6.42 Å².